The predicted molar refractivity (Wildman–Crippen MR) is 88.9 cm³/mol. The number of benzene rings is 1. The largest absolute Gasteiger partial charge is 0.466 e. The van der Waals surface area contributed by atoms with E-state index in [-0.39, 0.29) is 6.03 Å². The normalized spacial score (nSPS) is 17.5. The zero-order valence-electron chi connectivity index (χ0n) is 12.8. The standard InChI is InChI=1S/C17H16N2O3S/c1-10-14(16(20)22-2)15(19-17(21)18-10)13-9-8-12(23-13)11-6-4-3-5-7-11/h3-9,15H,1-2H3,(H2,18,19,21). The van der Waals surface area contributed by atoms with Crippen molar-refractivity contribution in [2.75, 3.05) is 7.11 Å². The maximum atomic E-state index is 12.1. The monoisotopic (exact) mass is 328 g/mol. The van der Waals surface area contributed by atoms with Crippen molar-refractivity contribution in [3.8, 4) is 10.4 Å². The third kappa shape index (κ3) is 2.98. The SMILES string of the molecule is COC(=O)C1=C(C)NC(=O)NC1c1ccc(-c2ccccc2)s1. The van der Waals surface area contributed by atoms with E-state index in [2.05, 4.69) is 10.6 Å². The van der Waals surface area contributed by atoms with Gasteiger partial charge in [0.05, 0.1) is 18.7 Å². The first kappa shape index (κ1) is 15.3. The fraction of sp³-hybridized carbons (Fsp3) is 0.176. The van der Waals surface area contributed by atoms with Gasteiger partial charge in [-0.2, -0.15) is 0 Å². The second-order valence-electron chi connectivity index (χ2n) is 5.13. The quantitative estimate of drug-likeness (QED) is 0.850. The predicted octanol–water partition coefficient (Wildman–Crippen LogP) is 3.22. The highest BCUT2D eigenvalue weighted by atomic mass is 32.1. The number of nitrogens with one attached hydrogen (secondary N) is 2. The first-order valence-electron chi connectivity index (χ1n) is 7.12. The molecule has 1 aromatic heterocycles. The summed E-state index contributed by atoms with van der Waals surface area (Å²) in [5.41, 5.74) is 2.04. The number of allylic oxidation sites excluding steroid dienone is 1. The number of ether oxygens (including phenoxy) is 1. The maximum Gasteiger partial charge on any atom is 0.338 e. The van der Waals surface area contributed by atoms with Gasteiger partial charge in [-0.1, -0.05) is 30.3 Å². The van der Waals surface area contributed by atoms with Crippen LogP contribution in [0.4, 0.5) is 4.79 Å². The van der Waals surface area contributed by atoms with Crippen molar-refractivity contribution in [3.05, 3.63) is 58.6 Å². The van der Waals surface area contributed by atoms with Crippen LogP contribution >= 0.6 is 11.3 Å². The molecule has 0 spiro atoms. The number of carbonyl (C=O) groups excluding carboxylic acids is 2. The average Bonchev–Trinajstić information content (AvgIpc) is 3.04. The molecule has 2 N–H and O–H groups in total. The van der Waals surface area contributed by atoms with Gasteiger partial charge in [0.2, 0.25) is 0 Å². The van der Waals surface area contributed by atoms with Crippen LogP contribution in [0, 0.1) is 0 Å². The summed E-state index contributed by atoms with van der Waals surface area (Å²) in [4.78, 5) is 25.8. The molecule has 2 amide bonds. The number of amides is 2. The molecular weight excluding hydrogens is 312 g/mol. The van der Waals surface area contributed by atoms with Crippen LogP contribution in [-0.4, -0.2) is 19.1 Å². The third-order valence-corrected chi connectivity index (χ3v) is 4.84. The number of esters is 1. The smallest absolute Gasteiger partial charge is 0.338 e. The number of urea groups is 1. The van der Waals surface area contributed by atoms with E-state index in [1.165, 1.54) is 7.11 Å². The van der Waals surface area contributed by atoms with Crippen LogP contribution in [0.5, 0.6) is 0 Å². The van der Waals surface area contributed by atoms with Gasteiger partial charge >= 0.3 is 12.0 Å². The fourth-order valence-corrected chi connectivity index (χ4v) is 3.63. The van der Waals surface area contributed by atoms with E-state index in [4.69, 9.17) is 4.74 Å². The Kier molecular flexibility index (Phi) is 4.16. The summed E-state index contributed by atoms with van der Waals surface area (Å²) in [6.45, 7) is 1.70. The van der Waals surface area contributed by atoms with Crippen LogP contribution in [0.25, 0.3) is 10.4 Å². The highest BCUT2D eigenvalue weighted by Crippen LogP contribution is 2.36. The number of hydrogen-bond acceptors (Lipinski definition) is 4. The van der Waals surface area contributed by atoms with Gasteiger partial charge in [-0.05, 0) is 24.6 Å². The van der Waals surface area contributed by atoms with E-state index >= 15 is 0 Å². The molecule has 6 heteroatoms. The van der Waals surface area contributed by atoms with Gasteiger partial charge < -0.3 is 15.4 Å². The summed E-state index contributed by atoms with van der Waals surface area (Å²) in [5.74, 6) is -0.449. The topological polar surface area (TPSA) is 67.4 Å². The second-order valence-corrected chi connectivity index (χ2v) is 6.25. The second kappa shape index (κ2) is 6.26. The molecule has 0 aliphatic carbocycles. The average molecular weight is 328 g/mol. The lowest BCUT2D eigenvalue weighted by Crippen LogP contribution is -2.45. The molecule has 118 valence electrons. The zero-order valence-corrected chi connectivity index (χ0v) is 13.6. The van der Waals surface area contributed by atoms with Gasteiger partial charge in [0.25, 0.3) is 0 Å². The van der Waals surface area contributed by atoms with Crippen LogP contribution in [0.1, 0.15) is 17.8 Å². The summed E-state index contributed by atoms with van der Waals surface area (Å²) in [6, 6.07) is 13.1. The van der Waals surface area contributed by atoms with E-state index in [1.807, 2.05) is 42.5 Å². The first-order chi connectivity index (χ1) is 11.1. The lowest BCUT2D eigenvalue weighted by Gasteiger charge is -2.26. The number of methoxy groups -OCH3 is 1. The Labute approximate surface area is 138 Å². The Bertz CT molecular complexity index is 780. The molecule has 0 bridgehead atoms. The molecule has 0 radical (unpaired) electrons. The minimum Gasteiger partial charge on any atom is -0.466 e. The zero-order chi connectivity index (χ0) is 16.4. The van der Waals surface area contributed by atoms with Crippen LogP contribution in [-0.2, 0) is 9.53 Å². The third-order valence-electron chi connectivity index (χ3n) is 3.64. The minimum absolute atomic E-state index is 0.324. The van der Waals surface area contributed by atoms with E-state index in [1.54, 1.807) is 18.3 Å². The Morgan fingerprint density at radius 1 is 1.17 bits per heavy atom. The van der Waals surface area contributed by atoms with Gasteiger partial charge in [-0.25, -0.2) is 9.59 Å². The van der Waals surface area contributed by atoms with Gasteiger partial charge in [-0.15, -0.1) is 11.3 Å². The number of hydrogen-bond donors (Lipinski definition) is 2. The summed E-state index contributed by atoms with van der Waals surface area (Å²) >= 11 is 1.54. The van der Waals surface area contributed by atoms with Crippen molar-refractivity contribution in [1.29, 1.82) is 0 Å². The molecule has 1 aromatic carbocycles. The first-order valence-corrected chi connectivity index (χ1v) is 7.93. The molecule has 1 aliphatic heterocycles. The summed E-state index contributed by atoms with van der Waals surface area (Å²) in [7, 11) is 1.33. The molecule has 1 aliphatic rings. The van der Waals surface area contributed by atoms with Gasteiger partial charge in [0, 0.05) is 15.5 Å². The van der Waals surface area contributed by atoms with E-state index in [9.17, 15) is 9.59 Å². The Hall–Kier alpha value is -2.60. The van der Waals surface area contributed by atoms with Crippen LogP contribution in [0.3, 0.4) is 0 Å². The number of rotatable bonds is 3. The molecule has 23 heavy (non-hydrogen) atoms. The number of thiophene rings is 1. The van der Waals surface area contributed by atoms with E-state index in [0.29, 0.717) is 11.3 Å². The molecule has 0 saturated heterocycles. The number of carbonyl (C=O) groups is 2. The molecule has 2 heterocycles. The summed E-state index contributed by atoms with van der Waals surface area (Å²) in [5, 5.41) is 5.41. The summed E-state index contributed by atoms with van der Waals surface area (Å²) in [6.07, 6.45) is 0. The molecule has 5 nitrogen and oxygen atoms in total. The molecule has 1 atom stereocenters. The Morgan fingerprint density at radius 3 is 2.61 bits per heavy atom. The van der Waals surface area contributed by atoms with Crippen molar-refractivity contribution in [3.63, 3.8) is 0 Å². The lowest BCUT2D eigenvalue weighted by atomic mass is 10.0. The van der Waals surface area contributed by atoms with Crippen LogP contribution < -0.4 is 10.6 Å². The van der Waals surface area contributed by atoms with Gasteiger partial charge in [-0.3, -0.25) is 0 Å². The molecule has 0 fully saturated rings. The van der Waals surface area contributed by atoms with E-state index in [0.717, 1.165) is 15.3 Å². The molecule has 2 aromatic rings. The fourth-order valence-electron chi connectivity index (χ4n) is 2.55. The van der Waals surface area contributed by atoms with Crippen molar-refractivity contribution in [1.82, 2.24) is 10.6 Å². The highest BCUT2D eigenvalue weighted by molar-refractivity contribution is 7.15. The highest BCUT2D eigenvalue weighted by Gasteiger charge is 2.32. The van der Waals surface area contributed by atoms with Gasteiger partial charge in [0.1, 0.15) is 0 Å². The van der Waals surface area contributed by atoms with Crippen molar-refractivity contribution >= 4 is 23.3 Å². The van der Waals surface area contributed by atoms with Crippen molar-refractivity contribution in [2.45, 2.75) is 13.0 Å². The van der Waals surface area contributed by atoms with Crippen LogP contribution in [0.15, 0.2) is 53.7 Å². The Balaban J connectivity index is 1.99. The van der Waals surface area contributed by atoms with Crippen molar-refractivity contribution in [2.24, 2.45) is 0 Å². The molecule has 0 saturated carbocycles. The Morgan fingerprint density at radius 2 is 1.91 bits per heavy atom. The molecule has 1 unspecified atom stereocenters. The van der Waals surface area contributed by atoms with E-state index < -0.39 is 12.0 Å². The van der Waals surface area contributed by atoms with Crippen LogP contribution in [0.2, 0.25) is 0 Å². The van der Waals surface area contributed by atoms with Crippen molar-refractivity contribution < 1.29 is 14.3 Å². The molecule has 3 rings (SSSR count). The molecular formula is C17H16N2O3S. The summed E-state index contributed by atoms with van der Waals surface area (Å²) < 4.78 is 4.86. The maximum absolute atomic E-state index is 12.1. The van der Waals surface area contributed by atoms with Gasteiger partial charge in [0.15, 0.2) is 0 Å². The lowest BCUT2D eigenvalue weighted by molar-refractivity contribution is -0.136. The minimum atomic E-state index is -0.501.